The van der Waals surface area contributed by atoms with Crippen LogP contribution in [-0.4, -0.2) is 16.0 Å². The molecule has 0 fully saturated rings. The number of hydrogen-bond acceptors (Lipinski definition) is 3. The summed E-state index contributed by atoms with van der Waals surface area (Å²) in [6, 6.07) is 12.1. The summed E-state index contributed by atoms with van der Waals surface area (Å²) in [6.07, 6.45) is 1.69. The van der Waals surface area contributed by atoms with Crippen LogP contribution in [0.4, 0.5) is 16.2 Å². The number of benzene rings is 1. The Morgan fingerprint density at radius 1 is 1.14 bits per heavy atom. The van der Waals surface area contributed by atoms with Crippen LogP contribution >= 0.6 is 11.6 Å². The van der Waals surface area contributed by atoms with Gasteiger partial charge in [0.05, 0.1) is 11.4 Å². The number of nitrogens with zero attached hydrogens (tertiary/aromatic N) is 2. The van der Waals surface area contributed by atoms with Gasteiger partial charge in [-0.05, 0) is 49.4 Å². The monoisotopic (exact) mass is 312 g/mol. The third-order valence-electron chi connectivity index (χ3n) is 3.13. The molecule has 2 amide bonds. The largest absolute Gasteiger partial charge is 0.323 e. The van der Waals surface area contributed by atoms with Crippen LogP contribution in [0.15, 0.2) is 48.7 Å². The van der Waals surface area contributed by atoms with Gasteiger partial charge in [-0.15, -0.1) is 0 Å². The zero-order valence-corrected chi connectivity index (χ0v) is 12.6. The van der Waals surface area contributed by atoms with E-state index in [0.717, 1.165) is 5.39 Å². The van der Waals surface area contributed by atoms with Crippen LogP contribution in [0.3, 0.4) is 0 Å². The van der Waals surface area contributed by atoms with Gasteiger partial charge < -0.3 is 10.6 Å². The minimum absolute atomic E-state index is 0.338. The molecule has 22 heavy (non-hydrogen) atoms. The summed E-state index contributed by atoms with van der Waals surface area (Å²) in [5.74, 6) is 0. The number of amides is 2. The van der Waals surface area contributed by atoms with Crippen molar-refractivity contribution in [2.24, 2.45) is 0 Å². The first kappa shape index (κ1) is 14.3. The highest BCUT2D eigenvalue weighted by atomic mass is 35.5. The lowest BCUT2D eigenvalue weighted by molar-refractivity contribution is 0.262. The van der Waals surface area contributed by atoms with Crippen molar-refractivity contribution in [3.8, 4) is 0 Å². The van der Waals surface area contributed by atoms with Gasteiger partial charge in [-0.2, -0.15) is 0 Å². The highest BCUT2D eigenvalue weighted by Crippen LogP contribution is 2.19. The van der Waals surface area contributed by atoms with Gasteiger partial charge in [0.1, 0.15) is 0 Å². The third-order valence-corrected chi connectivity index (χ3v) is 3.38. The molecule has 3 aromatic rings. The number of carbonyl (C=O) groups excluding carboxylic acids is 1. The maximum Gasteiger partial charge on any atom is 0.323 e. The normalized spacial score (nSPS) is 10.5. The van der Waals surface area contributed by atoms with E-state index in [0.29, 0.717) is 27.7 Å². The molecule has 0 unspecified atom stereocenters. The van der Waals surface area contributed by atoms with Gasteiger partial charge in [-0.1, -0.05) is 11.6 Å². The molecule has 110 valence electrons. The number of halogens is 1. The van der Waals surface area contributed by atoms with E-state index in [1.54, 1.807) is 30.5 Å². The fourth-order valence-electron chi connectivity index (χ4n) is 2.04. The van der Waals surface area contributed by atoms with Crippen LogP contribution in [-0.2, 0) is 0 Å². The molecule has 6 heteroatoms. The number of carbonyl (C=O) groups is 1. The summed E-state index contributed by atoms with van der Waals surface area (Å²) in [6.45, 7) is 1.83. The number of rotatable bonds is 2. The van der Waals surface area contributed by atoms with Crippen molar-refractivity contribution in [1.29, 1.82) is 0 Å². The lowest BCUT2D eigenvalue weighted by Gasteiger charge is -2.10. The number of pyridine rings is 2. The minimum Gasteiger partial charge on any atom is -0.308 e. The van der Waals surface area contributed by atoms with Gasteiger partial charge >= 0.3 is 6.03 Å². The van der Waals surface area contributed by atoms with E-state index >= 15 is 0 Å². The first-order valence-corrected chi connectivity index (χ1v) is 7.05. The van der Waals surface area contributed by atoms with Gasteiger partial charge in [-0.3, -0.25) is 0 Å². The lowest BCUT2D eigenvalue weighted by Crippen LogP contribution is -2.20. The second kappa shape index (κ2) is 5.99. The molecular weight excluding hydrogens is 300 g/mol. The smallest absolute Gasteiger partial charge is 0.308 e. The van der Waals surface area contributed by atoms with Gasteiger partial charge in [0, 0.05) is 22.3 Å². The quantitative estimate of drug-likeness (QED) is 0.744. The Balaban J connectivity index is 1.78. The average Bonchev–Trinajstić information content (AvgIpc) is 2.50. The molecule has 0 radical (unpaired) electrons. The molecule has 0 saturated heterocycles. The zero-order chi connectivity index (χ0) is 15.5. The Labute approximate surface area is 132 Å². The predicted octanol–water partition coefficient (Wildman–Crippen LogP) is 4.24. The van der Waals surface area contributed by atoms with Gasteiger partial charge in [0.25, 0.3) is 0 Å². The fraction of sp³-hybridized carbons (Fsp3) is 0.0625. The molecule has 0 spiro atoms. The molecule has 5 nitrogen and oxygen atoms in total. The highest BCUT2D eigenvalue weighted by molar-refractivity contribution is 6.30. The first-order chi connectivity index (χ1) is 10.6. The van der Waals surface area contributed by atoms with Crippen molar-refractivity contribution >= 4 is 40.0 Å². The topological polar surface area (TPSA) is 66.9 Å². The van der Waals surface area contributed by atoms with Crippen molar-refractivity contribution in [2.75, 3.05) is 10.6 Å². The number of anilines is 2. The van der Waals surface area contributed by atoms with E-state index in [1.165, 1.54) is 0 Å². The molecular formula is C16H13ClN4O. The predicted molar refractivity (Wildman–Crippen MR) is 88.4 cm³/mol. The summed E-state index contributed by atoms with van der Waals surface area (Å²) in [4.78, 5) is 20.6. The number of hydrogen-bond donors (Lipinski definition) is 2. The number of nitrogens with one attached hydrogen (secondary N) is 2. The molecule has 0 aliphatic heterocycles. The molecule has 0 bridgehead atoms. The van der Waals surface area contributed by atoms with Gasteiger partial charge in [0.15, 0.2) is 5.65 Å². The SMILES string of the molecule is Cc1nc2ncccc2cc1NC(=O)Nc1ccc(Cl)cc1. The Morgan fingerprint density at radius 2 is 1.91 bits per heavy atom. The Bertz CT molecular complexity index is 833. The number of aryl methyl sites for hydroxylation is 1. The number of urea groups is 1. The summed E-state index contributed by atoms with van der Waals surface area (Å²) >= 11 is 5.81. The molecule has 0 saturated carbocycles. The van der Waals surface area contributed by atoms with Gasteiger partial charge in [0.2, 0.25) is 0 Å². The molecule has 2 aromatic heterocycles. The van der Waals surface area contributed by atoms with Crippen LogP contribution in [0.5, 0.6) is 0 Å². The van der Waals surface area contributed by atoms with Crippen molar-refractivity contribution in [1.82, 2.24) is 9.97 Å². The maximum atomic E-state index is 12.1. The van der Waals surface area contributed by atoms with Crippen LogP contribution in [0.25, 0.3) is 11.0 Å². The molecule has 0 aliphatic carbocycles. The summed E-state index contributed by atoms with van der Waals surface area (Å²) in [7, 11) is 0. The second-order valence-electron chi connectivity index (χ2n) is 4.76. The highest BCUT2D eigenvalue weighted by Gasteiger charge is 2.08. The number of aromatic nitrogens is 2. The zero-order valence-electron chi connectivity index (χ0n) is 11.8. The van der Waals surface area contributed by atoms with E-state index in [9.17, 15) is 4.79 Å². The van der Waals surface area contributed by atoms with Crippen molar-refractivity contribution in [2.45, 2.75) is 6.92 Å². The Kier molecular flexibility index (Phi) is 3.89. The molecule has 1 aromatic carbocycles. The second-order valence-corrected chi connectivity index (χ2v) is 5.19. The summed E-state index contributed by atoms with van der Waals surface area (Å²) in [5, 5.41) is 7.02. The molecule has 2 heterocycles. The maximum absolute atomic E-state index is 12.1. The average molecular weight is 313 g/mol. The van der Waals surface area contributed by atoms with E-state index in [1.807, 2.05) is 25.1 Å². The summed E-state index contributed by atoms with van der Waals surface area (Å²) in [5.41, 5.74) is 2.67. The van der Waals surface area contributed by atoms with Gasteiger partial charge in [-0.25, -0.2) is 14.8 Å². The van der Waals surface area contributed by atoms with E-state index in [2.05, 4.69) is 20.6 Å². The molecule has 0 aliphatic rings. The minimum atomic E-state index is -0.338. The number of fused-ring (bicyclic) bond motifs is 1. The van der Waals surface area contributed by atoms with Crippen molar-refractivity contribution in [3.05, 3.63) is 59.4 Å². The molecule has 3 rings (SSSR count). The molecule has 0 atom stereocenters. The first-order valence-electron chi connectivity index (χ1n) is 6.68. The van der Waals surface area contributed by atoms with E-state index in [-0.39, 0.29) is 6.03 Å². The van der Waals surface area contributed by atoms with E-state index < -0.39 is 0 Å². The molecule has 2 N–H and O–H groups in total. The Hall–Kier alpha value is -2.66. The lowest BCUT2D eigenvalue weighted by atomic mass is 10.2. The van der Waals surface area contributed by atoms with Crippen LogP contribution in [0, 0.1) is 6.92 Å². The standard InChI is InChI=1S/C16H13ClN4O/c1-10-14(9-11-3-2-8-18-15(11)19-10)21-16(22)20-13-6-4-12(17)5-7-13/h2-9H,1H3,(H2,20,21,22). The fourth-order valence-corrected chi connectivity index (χ4v) is 2.16. The van der Waals surface area contributed by atoms with Crippen molar-refractivity contribution < 1.29 is 4.79 Å². The van der Waals surface area contributed by atoms with Crippen LogP contribution in [0.2, 0.25) is 5.02 Å². The van der Waals surface area contributed by atoms with Crippen LogP contribution in [0.1, 0.15) is 5.69 Å². The third kappa shape index (κ3) is 3.15. The Morgan fingerprint density at radius 3 is 2.68 bits per heavy atom. The van der Waals surface area contributed by atoms with Crippen LogP contribution < -0.4 is 10.6 Å². The van der Waals surface area contributed by atoms with E-state index in [4.69, 9.17) is 11.6 Å². The summed E-state index contributed by atoms with van der Waals surface area (Å²) < 4.78 is 0. The van der Waals surface area contributed by atoms with Crippen molar-refractivity contribution in [3.63, 3.8) is 0 Å².